The minimum atomic E-state index is 0.563. The van der Waals surface area contributed by atoms with Gasteiger partial charge in [0.25, 0.3) is 0 Å². The van der Waals surface area contributed by atoms with Crippen LogP contribution in [0.15, 0.2) is 47.4 Å². The minimum Gasteiger partial charge on any atom is -0.313 e. The highest BCUT2D eigenvalue weighted by molar-refractivity contribution is 7.98. The van der Waals surface area contributed by atoms with E-state index in [-0.39, 0.29) is 0 Å². The number of anilines is 1. The molecule has 1 N–H and O–H groups in total. The number of nitrogens with one attached hydrogen (secondary N) is 1. The molecule has 4 heteroatoms. The Hall–Kier alpha value is -1.81. The summed E-state index contributed by atoms with van der Waals surface area (Å²) in [6.45, 7) is 0. The molecule has 86 valence electrons. The van der Waals surface area contributed by atoms with E-state index in [4.69, 9.17) is 0 Å². The van der Waals surface area contributed by atoms with Gasteiger partial charge in [0.2, 0.25) is 6.41 Å². The van der Waals surface area contributed by atoms with E-state index in [1.807, 2.05) is 36.6 Å². The second kappa shape index (κ2) is 5.50. The third-order valence-corrected chi connectivity index (χ3v) is 3.13. The molecule has 0 aliphatic rings. The van der Waals surface area contributed by atoms with Gasteiger partial charge >= 0.3 is 0 Å². The number of carbonyl (C=O) groups is 1. The second-order valence-electron chi connectivity index (χ2n) is 3.37. The SMILES string of the molecule is CSc1ccccc1-c1cccc(NC=O)n1. The van der Waals surface area contributed by atoms with Crippen molar-refractivity contribution in [3.63, 3.8) is 0 Å². The molecule has 1 aromatic heterocycles. The van der Waals surface area contributed by atoms with E-state index in [1.165, 1.54) is 4.90 Å². The van der Waals surface area contributed by atoms with Gasteiger partial charge in [0.15, 0.2) is 0 Å². The molecular weight excluding hydrogens is 232 g/mol. The van der Waals surface area contributed by atoms with Crippen LogP contribution in [0.2, 0.25) is 0 Å². The number of benzene rings is 1. The van der Waals surface area contributed by atoms with Gasteiger partial charge in [-0.3, -0.25) is 4.79 Å². The fourth-order valence-electron chi connectivity index (χ4n) is 1.58. The van der Waals surface area contributed by atoms with Crippen molar-refractivity contribution in [1.82, 2.24) is 4.98 Å². The van der Waals surface area contributed by atoms with Crippen LogP contribution in [0.1, 0.15) is 0 Å². The van der Waals surface area contributed by atoms with Crippen molar-refractivity contribution in [2.45, 2.75) is 4.90 Å². The van der Waals surface area contributed by atoms with Crippen molar-refractivity contribution in [1.29, 1.82) is 0 Å². The first-order valence-corrected chi connectivity index (χ1v) is 6.38. The molecule has 0 unspecified atom stereocenters. The Morgan fingerprint density at radius 1 is 1.18 bits per heavy atom. The Balaban J connectivity index is 2.45. The van der Waals surface area contributed by atoms with Crippen molar-refractivity contribution in [2.24, 2.45) is 0 Å². The van der Waals surface area contributed by atoms with E-state index < -0.39 is 0 Å². The maximum Gasteiger partial charge on any atom is 0.212 e. The largest absolute Gasteiger partial charge is 0.313 e. The molecule has 1 amide bonds. The van der Waals surface area contributed by atoms with Crippen LogP contribution in [-0.4, -0.2) is 17.6 Å². The standard InChI is InChI=1S/C13H12N2OS/c1-17-12-7-3-2-5-10(12)11-6-4-8-13(15-11)14-9-16/h2-9H,1H3,(H,14,15,16). The molecular formula is C13H12N2OS. The Labute approximate surface area is 104 Å². The number of rotatable bonds is 4. The van der Waals surface area contributed by atoms with Gasteiger partial charge in [-0.2, -0.15) is 0 Å². The molecule has 0 fully saturated rings. The molecule has 0 radical (unpaired) electrons. The van der Waals surface area contributed by atoms with Crippen LogP contribution in [-0.2, 0) is 4.79 Å². The Morgan fingerprint density at radius 2 is 2.00 bits per heavy atom. The van der Waals surface area contributed by atoms with Crippen LogP contribution in [0.5, 0.6) is 0 Å². The van der Waals surface area contributed by atoms with Gasteiger partial charge in [-0.25, -0.2) is 4.98 Å². The number of aromatic nitrogens is 1. The molecule has 2 rings (SSSR count). The Bertz CT molecular complexity index is 528. The molecule has 2 aromatic rings. The van der Waals surface area contributed by atoms with Gasteiger partial charge in [0, 0.05) is 10.5 Å². The molecule has 0 bridgehead atoms. The number of carbonyl (C=O) groups excluding carboxylic acids is 1. The Morgan fingerprint density at radius 3 is 2.76 bits per heavy atom. The van der Waals surface area contributed by atoms with Gasteiger partial charge < -0.3 is 5.32 Å². The zero-order chi connectivity index (χ0) is 12.1. The molecule has 1 aromatic carbocycles. The fourth-order valence-corrected chi connectivity index (χ4v) is 2.19. The predicted octanol–water partition coefficient (Wildman–Crippen LogP) is 3.04. The van der Waals surface area contributed by atoms with E-state index in [2.05, 4.69) is 16.4 Å². The fraction of sp³-hybridized carbons (Fsp3) is 0.0769. The molecule has 0 spiro atoms. The van der Waals surface area contributed by atoms with E-state index in [1.54, 1.807) is 17.8 Å². The first kappa shape index (κ1) is 11.7. The van der Waals surface area contributed by atoms with Crippen molar-refractivity contribution in [3.05, 3.63) is 42.5 Å². The lowest BCUT2D eigenvalue weighted by molar-refractivity contribution is -0.105. The maximum atomic E-state index is 10.4. The summed E-state index contributed by atoms with van der Waals surface area (Å²) in [7, 11) is 0. The normalized spacial score (nSPS) is 9.94. The van der Waals surface area contributed by atoms with Gasteiger partial charge in [-0.1, -0.05) is 24.3 Å². The quantitative estimate of drug-likeness (QED) is 0.664. The highest BCUT2D eigenvalue weighted by atomic mass is 32.2. The monoisotopic (exact) mass is 244 g/mol. The molecule has 0 atom stereocenters. The van der Waals surface area contributed by atoms with Crippen molar-refractivity contribution in [3.8, 4) is 11.3 Å². The van der Waals surface area contributed by atoms with Crippen LogP contribution in [0, 0.1) is 0 Å². The number of amides is 1. The summed E-state index contributed by atoms with van der Waals surface area (Å²) in [6.07, 6.45) is 2.67. The summed E-state index contributed by atoms with van der Waals surface area (Å²) < 4.78 is 0. The molecule has 0 saturated carbocycles. The minimum absolute atomic E-state index is 0.563. The van der Waals surface area contributed by atoms with Gasteiger partial charge in [-0.05, 0) is 24.5 Å². The van der Waals surface area contributed by atoms with Gasteiger partial charge in [0.05, 0.1) is 5.69 Å². The van der Waals surface area contributed by atoms with Crippen LogP contribution in [0.3, 0.4) is 0 Å². The number of hydrogen-bond donors (Lipinski definition) is 1. The molecule has 0 saturated heterocycles. The third-order valence-electron chi connectivity index (χ3n) is 2.34. The molecule has 0 aliphatic carbocycles. The van der Waals surface area contributed by atoms with E-state index in [9.17, 15) is 4.79 Å². The lowest BCUT2D eigenvalue weighted by Gasteiger charge is -2.07. The Kier molecular flexibility index (Phi) is 3.77. The van der Waals surface area contributed by atoms with Gasteiger partial charge in [0.1, 0.15) is 5.82 Å². The zero-order valence-electron chi connectivity index (χ0n) is 9.38. The van der Waals surface area contributed by atoms with Crippen LogP contribution >= 0.6 is 11.8 Å². The van der Waals surface area contributed by atoms with E-state index >= 15 is 0 Å². The summed E-state index contributed by atoms with van der Waals surface area (Å²) in [5, 5.41) is 2.56. The van der Waals surface area contributed by atoms with Crippen molar-refractivity contribution >= 4 is 24.0 Å². The van der Waals surface area contributed by atoms with Gasteiger partial charge in [-0.15, -0.1) is 11.8 Å². The van der Waals surface area contributed by atoms with Crippen molar-refractivity contribution < 1.29 is 4.79 Å². The third kappa shape index (κ3) is 2.65. The zero-order valence-corrected chi connectivity index (χ0v) is 10.2. The summed E-state index contributed by atoms with van der Waals surface area (Å²) in [5.41, 5.74) is 1.94. The second-order valence-corrected chi connectivity index (χ2v) is 4.22. The average Bonchev–Trinajstić information content (AvgIpc) is 2.39. The lowest BCUT2D eigenvalue weighted by Crippen LogP contribution is -1.97. The number of pyridine rings is 1. The number of thioether (sulfide) groups is 1. The number of nitrogens with zero attached hydrogens (tertiary/aromatic N) is 1. The molecule has 17 heavy (non-hydrogen) atoms. The smallest absolute Gasteiger partial charge is 0.212 e. The topological polar surface area (TPSA) is 42.0 Å². The first-order chi connectivity index (χ1) is 8.35. The predicted molar refractivity (Wildman–Crippen MR) is 71.1 cm³/mol. The van der Waals surface area contributed by atoms with Crippen LogP contribution in [0.25, 0.3) is 11.3 Å². The van der Waals surface area contributed by atoms with E-state index in [0.717, 1.165) is 11.3 Å². The highest BCUT2D eigenvalue weighted by Gasteiger charge is 2.05. The lowest BCUT2D eigenvalue weighted by atomic mass is 10.1. The molecule has 0 aliphatic heterocycles. The first-order valence-electron chi connectivity index (χ1n) is 5.16. The number of hydrogen-bond acceptors (Lipinski definition) is 3. The molecule has 3 nitrogen and oxygen atoms in total. The van der Waals surface area contributed by atoms with Crippen LogP contribution < -0.4 is 5.32 Å². The van der Waals surface area contributed by atoms with Crippen LogP contribution in [0.4, 0.5) is 5.82 Å². The molecule has 1 heterocycles. The average molecular weight is 244 g/mol. The van der Waals surface area contributed by atoms with Crippen molar-refractivity contribution in [2.75, 3.05) is 11.6 Å². The van der Waals surface area contributed by atoms with E-state index in [0.29, 0.717) is 12.2 Å². The summed E-state index contributed by atoms with van der Waals surface area (Å²) in [5.74, 6) is 0.563. The summed E-state index contributed by atoms with van der Waals surface area (Å²) >= 11 is 1.68. The summed E-state index contributed by atoms with van der Waals surface area (Å²) in [4.78, 5) is 15.9. The summed E-state index contributed by atoms with van der Waals surface area (Å²) in [6, 6.07) is 13.6. The highest BCUT2D eigenvalue weighted by Crippen LogP contribution is 2.29. The maximum absolute atomic E-state index is 10.4.